The zero-order chi connectivity index (χ0) is 36.7. The number of amides is 3. The van der Waals surface area contributed by atoms with Crippen molar-refractivity contribution >= 4 is 49.3 Å². The van der Waals surface area contributed by atoms with Crippen molar-refractivity contribution < 1.29 is 45.1 Å². The van der Waals surface area contributed by atoms with Gasteiger partial charge in [0, 0.05) is 91.3 Å². The van der Waals surface area contributed by atoms with Crippen LogP contribution in [0.5, 0.6) is 11.5 Å². The smallest absolute Gasteiger partial charge is 0.253 e. The number of anilines is 1. The van der Waals surface area contributed by atoms with Crippen LogP contribution in [0.2, 0.25) is 0 Å². The summed E-state index contributed by atoms with van der Waals surface area (Å²) in [5.41, 5.74) is 2.23. The minimum Gasteiger partial charge on any atom is -0.748 e. The van der Waals surface area contributed by atoms with E-state index in [4.69, 9.17) is 9.73 Å². The van der Waals surface area contributed by atoms with Gasteiger partial charge in [0.1, 0.15) is 24.1 Å². The highest BCUT2D eigenvalue weighted by Crippen LogP contribution is 2.49. The number of carbonyl (C=O) groups excluding carboxylic acids is 3. The lowest BCUT2D eigenvalue weighted by Crippen LogP contribution is -2.50. The average molecular weight is 743 g/mol. The number of benzene rings is 2. The molecule has 0 fully saturated rings. The fourth-order valence-electron chi connectivity index (χ4n) is 7.47. The van der Waals surface area contributed by atoms with Gasteiger partial charge < -0.3 is 24.1 Å². The Morgan fingerprint density at radius 2 is 1.76 bits per heavy atom. The SMILES string of the molecule is CC1(C)CC(CS(=O)(=O)[O-])c2cc3c(cc2N1CCCC(=O)NCCN1C(=O)C=CC1=O)Oc1cc2c(cc1=N3)CCC[N+]=2CCCS(=O)(=O)[O-]. The highest BCUT2D eigenvalue weighted by molar-refractivity contribution is 7.85. The molecule has 4 aliphatic rings. The van der Waals surface area contributed by atoms with Crippen LogP contribution in [-0.2, 0) is 41.0 Å². The van der Waals surface area contributed by atoms with E-state index in [0.29, 0.717) is 66.3 Å². The second kappa shape index (κ2) is 14.1. The lowest BCUT2D eigenvalue weighted by Gasteiger charge is -2.48. The zero-order valence-electron chi connectivity index (χ0n) is 28.4. The fraction of sp³-hybridized carbons (Fsp3) is 0.500. The Morgan fingerprint density at radius 3 is 2.47 bits per heavy atom. The van der Waals surface area contributed by atoms with Gasteiger partial charge in [-0.3, -0.25) is 19.3 Å². The molecule has 15 nitrogen and oxygen atoms in total. The van der Waals surface area contributed by atoms with E-state index in [9.17, 15) is 40.3 Å². The van der Waals surface area contributed by atoms with Gasteiger partial charge in [-0.2, -0.15) is 0 Å². The van der Waals surface area contributed by atoms with E-state index in [1.165, 1.54) is 12.2 Å². The molecule has 1 unspecified atom stereocenters. The van der Waals surface area contributed by atoms with Gasteiger partial charge in [-0.15, -0.1) is 0 Å². The standard InChI is InChI=1S/C34H41N5O10S2/c1-34(2)20-23(21-51(46,47)48)24-17-26-30(19-28(24)39(34)13-4-7-31(40)35-10-14-38-32(41)8-9-33(38)42)49-29-18-27-22(16-25(29)36-26)6-3-11-37(27)12-5-15-50(43,44)45/h8-9,16-19,23H,3-7,10-15,20-21H2,1-2H3,(H2-,35,40,43,44,45,46,47,48)/p-1. The first-order valence-electron chi connectivity index (χ1n) is 16.9. The zero-order valence-corrected chi connectivity index (χ0v) is 30.1. The second-order valence-electron chi connectivity index (χ2n) is 14.0. The topological polar surface area (TPSA) is 209 Å². The van der Waals surface area contributed by atoms with E-state index >= 15 is 0 Å². The molecule has 0 radical (unpaired) electrons. The fourth-order valence-corrected chi connectivity index (χ4v) is 8.75. The summed E-state index contributed by atoms with van der Waals surface area (Å²) in [6, 6.07) is 7.39. The summed E-state index contributed by atoms with van der Waals surface area (Å²) in [5.74, 6) is -1.77. The van der Waals surface area contributed by atoms with Crippen molar-refractivity contribution in [1.82, 2.24) is 14.8 Å². The third-order valence-electron chi connectivity index (χ3n) is 9.72. The van der Waals surface area contributed by atoms with Gasteiger partial charge in [0.05, 0.1) is 26.3 Å². The van der Waals surface area contributed by atoms with Crippen LogP contribution in [-0.4, -0.2) is 98.3 Å². The van der Waals surface area contributed by atoms with Crippen molar-refractivity contribution in [3.63, 3.8) is 0 Å². The Morgan fingerprint density at radius 1 is 1.02 bits per heavy atom. The van der Waals surface area contributed by atoms with Gasteiger partial charge >= 0.3 is 0 Å². The number of hydrogen-bond acceptors (Lipinski definition) is 12. The number of imide groups is 1. The Hall–Kier alpha value is -4.19. The van der Waals surface area contributed by atoms with E-state index in [1.807, 2.05) is 30.6 Å². The first-order valence-corrected chi connectivity index (χ1v) is 20.1. The third kappa shape index (κ3) is 8.48. The summed E-state index contributed by atoms with van der Waals surface area (Å²) in [4.78, 5) is 44.2. The molecule has 1 N–H and O–H groups in total. The van der Waals surface area contributed by atoms with Gasteiger partial charge in [0.25, 0.3) is 11.8 Å². The largest absolute Gasteiger partial charge is 0.748 e. The maximum Gasteiger partial charge on any atom is 0.253 e. The van der Waals surface area contributed by atoms with Crippen LogP contribution in [0, 0.1) is 0 Å². The van der Waals surface area contributed by atoms with Crippen LogP contribution < -0.4 is 30.2 Å². The maximum absolute atomic E-state index is 12.7. The Balaban J connectivity index is 1.25. The van der Waals surface area contributed by atoms with Gasteiger partial charge in [-0.1, -0.05) is 0 Å². The van der Waals surface area contributed by atoms with Crippen molar-refractivity contribution in [3.05, 3.63) is 58.3 Å². The number of ether oxygens (including phenoxy) is 1. The molecule has 0 spiro atoms. The highest BCUT2D eigenvalue weighted by atomic mass is 32.2. The summed E-state index contributed by atoms with van der Waals surface area (Å²) in [6.45, 7) is 5.63. The van der Waals surface area contributed by atoms with Gasteiger partial charge in [-0.25, -0.2) is 26.4 Å². The third-order valence-corrected chi connectivity index (χ3v) is 11.3. The van der Waals surface area contributed by atoms with Crippen LogP contribution in [0.4, 0.5) is 11.4 Å². The average Bonchev–Trinajstić information content (AvgIpc) is 3.34. The van der Waals surface area contributed by atoms with Gasteiger partial charge in [0.15, 0.2) is 11.5 Å². The van der Waals surface area contributed by atoms with E-state index in [-0.39, 0.29) is 31.8 Å². The number of aryl methyl sites for hydroxylation is 1. The summed E-state index contributed by atoms with van der Waals surface area (Å²) >= 11 is 0. The van der Waals surface area contributed by atoms with E-state index in [2.05, 4.69) is 10.2 Å². The summed E-state index contributed by atoms with van der Waals surface area (Å²) < 4.78 is 78.1. The molecule has 0 aromatic heterocycles. The number of nitrogens with one attached hydrogen (secondary N) is 1. The second-order valence-corrected chi connectivity index (χ2v) is 16.9. The molecule has 51 heavy (non-hydrogen) atoms. The predicted molar refractivity (Wildman–Crippen MR) is 183 cm³/mol. The van der Waals surface area contributed by atoms with Crippen LogP contribution in [0.25, 0.3) is 0 Å². The van der Waals surface area contributed by atoms with Gasteiger partial charge in [-0.05, 0) is 50.8 Å². The number of hydrogen-bond donors (Lipinski definition) is 1. The molecule has 0 bridgehead atoms. The monoisotopic (exact) mass is 742 g/mol. The predicted octanol–water partition coefficient (Wildman–Crippen LogP) is 0.555. The first-order chi connectivity index (χ1) is 24.0. The molecule has 1 atom stereocenters. The maximum atomic E-state index is 12.7. The molecule has 6 rings (SSSR count). The molecule has 0 saturated carbocycles. The lowest BCUT2D eigenvalue weighted by atomic mass is 9.79. The summed E-state index contributed by atoms with van der Waals surface area (Å²) in [7, 11) is -8.89. The Labute approximate surface area is 296 Å². The Bertz CT molecular complexity index is 2150. The molecular formula is C34H40N5O10S2-. The number of rotatable bonds is 13. The van der Waals surface area contributed by atoms with Crippen LogP contribution in [0.1, 0.15) is 63.0 Å². The molecule has 4 aliphatic heterocycles. The summed E-state index contributed by atoms with van der Waals surface area (Å²) in [5, 5.41) is 4.22. The minimum atomic E-state index is -4.57. The molecule has 0 aliphatic carbocycles. The quantitative estimate of drug-likeness (QED) is 0.145. The molecule has 3 amide bonds. The van der Waals surface area contributed by atoms with Crippen molar-refractivity contribution in [2.45, 2.75) is 63.8 Å². The lowest BCUT2D eigenvalue weighted by molar-refractivity contribution is -0.137. The van der Waals surface area contributed by atoms with Crippen molar-refractivity contribution in [2.24, 2.45) is 4.99 Å². The number of carbonyl (C=O) groups is 3. The molecule has 2 aromatic carbocycles. The molecule has 17 heteroatoms. The molecule has 274 valence electrons. The molecular weight excluding hydrogens is 703 g/mol. The molecule has 0 saturated heterocycles. The molecule has 4 heterocycles. The van der Waals surface area contributed by atoms with Crippen molar-refractivity contribution in [3.8, 4) is 11.5 Å². The van der Waals surface area contributed by atoms with Crippen molar-refractivity contribution in [1.29, 1.82) is 0 Å². The number of fused-ring (bicyclic) bond motifs is 4. The molecule has 2 aromatic rings. The Kier molecular flexibility index (Phi) is 10.1. The first kappa shape index (κ1) is 36.6. The summed E-state index contributed by atoms with van der Waals surface area (Å²) in [6.07, 6.45) is 5.17. The van der Waals surface area contributed by atoms with E-state index < -0.39 is 55.0 Å². The van der Waals surface area contributed by atoms with E-state index in [1.54, 1.807) is 12.1 Å². The van der Waals surface area contributed by atoms with Crippen LogP contribution in [0.15, 0.2) is 41.4 Å². The minimum absolute atomic E-state index is 0.0683. The normalized spacial score (nSPS) is 19.1. The van der Waals surface area contributed by atoms with Crippen LogP contribution in [0.3, 0.4) is 0 Å². The highest BCUT2D eigenvalue weighted by Gasteiger charge is 2.40. The van der Waals surface area contributed by atoms with Crippen LogP contribution >= 0.6 is 0 Å². The van der Waals surface area contributed by atoms with Crippen molar-refractivity contribution in [2.75, 3.05) is 49.1 Å². The van der Waals surface area contributed by atoms with Gasteiger partial charge in [0.2, 0.25) is 11.3 Å². The number of nitrogens with zero attached hydrogens (tertiary/aromatic N) is 4. The van der Waals surface area contributed by atoms with E-state index in [0.717, 1.165) is 28.7 Å².